The lowest BCUT2D eigenvalue weighted by Gasteiger charge is -2.45. The first kappa shape index (κ1) is 21.3. The maximum absolute atomic E-state index is 2.57. The van der Waals surface area contributed by atoms with E-state index in [-0.39, 0.29) is 0 Å². The molecule has 148 valence electrons. The molecule has 0 heterocycles. The molecule has 0 amide bonds. The van der Waals surface area contributed by atoms with Gasteiger partial charge in [-0.2, -0.15) is 0 Å². The minimum atomic E-state index is 0.853. The van der Waals surface area contributed by atoms with Gasteiger partial charge in [0, 0.05) is 0 Å². The molecule has 0 nitrogen and oxygen atoms in total. The molecule has 0 heteroatoms. The van der Waals surface area contributed by atoms with Gasteiger partial charge in [0.1, 0.15) is 0 Å². The lowest BCUT2D eigenvalue weighted by Crippen LogP contribution is -2.35. The maximum atomic E-state index is 2.57. The topological polar surface area (TPSA) is 0 Å². The van der Waals surface area contributed by atoms with Crippen molar-refractivity contribution in [3.63, 3.8) is 0 Å². The molecule has 0 bridgehead atoms. The molecule has 0 radical (unpaired) electrons. The number of hydrogen-bond acceptors (Lipinski definition) is 0. The van der Waals surface area contributed by atoms with Gasteiger partial charge in [-0.15, -0.1) is 0 Å². The van der Waals surface area contributed by atoms with Crippen LogP contribution in [-0.4, -0.2) is 0 Å². The standard InChI is InChI=1S/C25H48/c1-8-18(5)25(16-23-13-11-20(23)7)24(14-21(9-2)17(3)4)15-22-12-10-19(22)6/h17-25H,8-16H2,1-7H3. The maximum Gasteiger partial charge on any atom is -0.0357 e. The van der Waals surface area contributed by atoms with Gasteiger partial charge in [-0.3, -0.25) is 0 Å². The molecule has 0 saturated heterocycles. The van der Waals surface area contributed by atoms with E-state index in [2.05, 4.69) is 48.5 Å². The van der Waals surface area contributed by atoms with Crippen molar-refractivity contribution >= 4 is 0 Å². The molecule has 0 spiro atoms. The first-order valence-electron chi connectivity index (χ1n) is 11.9. The second-order valence-electron chi connectivity index (χ2n) is 10.6. The van der Waals surface area contributed by atoms with Crippen LogP contribution in [0, 0.1) is 53.3 Å². The third kappa shape index (κ3) is 5.49. The highest BCUT2D eigenvalue weighted by Crippen LogP contribution is 2.48. The number of rotatable bonds is 11. The van der Waals surface area contributed by atoms with Crippen molar-refractivity contribution in [2.75, 3.05) is 0 Å². The van der Waals surface area contributed by atoms with Crippen LogP contribution < -0.4 is 0 Å². The summed E-state index contributed by atoms with van der Waals surface area (Å²) in [4.78, 5) is 0. The van der Waals surface area contributed by atoms with Gasteiger partial charge < -0.3 is 0 Å². The molecule has 0 aliphatic heterocycles. The zero-order valence-corrected chi connectivity index (χ0v) is 18.6. The summed E-state index contributed by atoms with van der Waals surface area (Å²) in [6.07, 6.45) is 13.4. The van der Waals surface area contributed by atoms with E-state index in [9.17, 15) is 0 Å². The first-order valence-corrected chi connectivity index (χ1v) is 11.9. The average molecular weight is 349 g/mol. The molecular formula is C25H48. The molecule has 2 aliphatic carbocycles. The minimum Gasteiger partial charge on any atom is -0.0651 e. The average Bonchev–Trinajstić information content (AvgIpc) is 2.59. The minimum absolute atomic E-state index is 0.853. The molecular weight excluding hydrogens is 300 g/mol. The van der Waals surface area contributed by atoms with E-state index in [0.717, 1.165) is 53.3 Å². The van der Waals surface area contributed by atoms with Gasteiger partial charge in [-0.25, -0.2) is 0 Å². The molecule has 0 aromatic carbocycles. The van der Waals surface area contributed by atoms with E-state index in [1.807, 2.05) is 0 Å². The largest absolute Gasteiger partial charge is 0.0651 e. The smallest absolute Gasteiger partial charge is 0.0357 e. The second kappa shape index (κ2) is 9.80. The van der Waals surface area contributed by atoms with Crippen LogP contribution in [0.1, 0.15) is 106 Å². The summed E-state index contributed by atoms with van der Waals surface area (Å²) in [6, 6.07) is 0. The summed E-state index contributed by atoms with van der Waals surface area (Å²) >= 11 is 0. The van der Waals surface area contributed by atoms with Crippen molar-refractivity contribution in [3.8, 4) is 0 Å². The summed E-state index contributed by atoms with van der Waals surface area (Å²) in [5.41, 5.74) is 0. The molecule has 2 saturated carbocycles. The van der Waals surface area contributed by atoms with Crippen LogP contribution in [0.15, 0.2) is 0 Å². The van der Waals surface area contributed by atoms with Crippen molar-refractivity contribution in [3.05, 3.63) is 0 Å². The Hall–Kier alpha value is 0. The highest BCUT2D eigenvalue weighted by atomic mass is 14.4. The second-order valence-corrected chi connectivity index (χ2v) is 10.6. The van der Waals surface area contributed by atoms with Crippen molar-refractivity contribution in [2.45, 2.75) is 106 Å². The monoisotopic (exact) mass is 348 g/mol. The van der Waals surface area contributed by atoms with Crippen molar-refractivity contribution in [1.82, 2.24) is 0 Å². The zero-order chi connectivity index (χ0) is 18.6. The Labute approximate surface area is 159 Å². The van der Waals surface area contributed by atoms with Gasteiger partial charge in [0.25, 0.3) is 0 Å². The summed E-state index contributed by atoms with van der Waals surface area (Å²) in [5.74, 6) is 8.76. The Balaban J connectivity index is 2.11. The third-order valence-corrected chi connectivity index (χ3v) is 8.83. The highest BCUT2D eigenvalue weighted by molar-refractivity contribution is 4.88. The van der Waals surface area contributed by atoms with Crippen molar-refractivity contribution in [1.29, 1.82) is 0 Å². The lowest BCUT2D eigenvalue weighted by molar-refractivity contribution is 0.0556. The van der Waals surface area contributed by atoms with E-state index in [1.165, 1.54) is 51.4 Å². The summed E-state index contributed by atoms with van der Waals surface area (Å²) in [7, 11) is 0. The van der Waals surface area contributed by atoms with Crippen LogP contribution in [0.25, 0.3) is 0 Å². The van der Waals surface area contributed by atoms with Crippen molar-refractivity contribution in [2.24, 2.45) is 53.3 Å². The van der Waals surface area contributed by atoms with Gasteiger partial charge in [0.2, 0.25) is 0 Å². The Bertz CT molecular complexity index is 370. The molecule has 2 aliphatic rings. The third-order valence-electron chi connectivity index (χ3n) is 8.83. The molecule has 8 atom stereocenters. The molecule has 25 heavy (non-hydrogen) atoms. The Morgan fingerprint density at radius 3 is 1.64 bits per heavy atom. The van der Waals surface area contributed by atoms with E-state index < -0.39 is 0 Å². The molecule has 8 unspecified atom stereocenters. The summed E-state index contributed by atoms with van der Waals surface area (Å²) in [5, 5.41) is 0. The SMILES string of the molecule is CCC(C)C(CC1CCC1C)C(CC(CC)C(C)C)CC1CCC1C. The lowest BCUT2D eigenvalue weighted by atomic mass is 9.61. The van der Waals surface area contributed by atoms with Crippen LogP contribution in [0.2, 0.25) is 0 Å². The van der Waals surface area contributed by atoms with Crippen LogP contribution in [0.4, 0.5) is 0 Å². The van der Waals surface area contributed by atoms with E-state index in [1.54, 1.807) is 6.42 Å². The molecule has 0 aromatic rings. The van der Waals surface area contributed by atoms with E-state index in [4.69, 9.17) is 0 Å². The normalized spacial score (nSPS) is 34.1. The Morgan fingerprint density at radius 1 is 0.720 bits per heavy atom. The fourth-order valence-corrected chi connectivity index (χ4v) is 5.85. The van der Waals surface area contributed by atoms with Crippen LogP contribution in [0.3, 0.4) is 0 Å². The molecule has 0 N–H and O–H groups in total. The van der Waals surface area contributed by atoms with Gasteiger partial charge in [0.15, 0.2) is 0 Å². The van der Waals surface area contributed by atoms with Crippen LogP contribution in [0.5, 0.6) is 0 Å². The number of hydrogen-bond donors (Lipinski definition) is 0. The molecule has 2 fully saturated rings. The summed E-state index contributed by atoms with van der Waals surface area (Å²) in [6.45, 7) is 17.4. The van der Waals surface area contributed by atoms with Crippen molar-refractivity contribution < 1.29 is 0 Å². The van der Waals surface area contributed by atoms with Crippen LogP contribution in [-0.2, 0) is 0 Å². The fourth-order valence-electron chi connectivity index (χ4n) is 5.85. The fraction of sp³-hybridized carbons (Fsp3) is 1.00. The molecule has 2 rings (SSSR count). The first-order chi connectivity index (χ1) is 11.9. The van der Waals surface area contributed by atoms with Gasteiger partial charge >= 0.3 is 0 Å². The summed E-state index contributed by atoms with van der Waals surface area (Å²) < 4.78 is 0. The predicted octanol–water partition coefficient (Wildman–Crippen LogP) is 8.21. The highest BCUT2D eigenvalue weighted by Gasteiger charge is 2.38. The van der Waals surface area contributed by atoms with Crippen LogP contribution >= 0.6 is 0 Å². The van der Waals surface area contributed by atoms with E-state index >= 15 is 0 Å². The van der Waals surface area contributed by atoms with Gasteiger partial charge in [-0.1, -0.05) is 74.1 Å². The van der Waals surface area contributed by atoms with Gasteiger partial charge in [0.05, 0.1) is 0 Å². The Kier molecular flexibility index (Phi) is 8.35. The van der Waals surface area contributed by atoms with Gasteiger partial charge in [-0.05, 0) is 85.4 Å². The predicted molar refractivity (Wildman–Crippen MR) is 113 cm³/mol. The quantitative estimate of drug-likeness (QED) is 0.353. The van der Waals surface area contributed by atoms with E-state index in [0.29, 0.717) is 0 Å². The molecule has 0 aromatic heterocycles. The zero-order valence-electron chi connectivity index (χ0n) is 18.6. The Morgan fingerprint density at radius 2 is 1.28 bits per heavy atom.